The van der Waals surface area contributed by atoms with E-state index in [9.17, 15) is 0 Å². The molecule has 0 saturated carbocycles. The number of rotatable bonds is 8. The number of fused-ring (bicyclic) bond motifs is 13. The maximum absolute atomic E-state index is 2.59. The molecule has 0 fully saturated rings. The molecule has 0 spiro atoms. The molecule has 0 saturated heterocycles. The van der Waals surface area contributed by atoms with Gasteiger partial charge in [-0.3, -0.25) is 0 Å². The van der Waals surface area contributed by atoms with Crippen LogP contribution in [-0.4, -0.2) is 4.57 Å². The average Bonchev–Trinajstić information content (AvgIpc) is 4.10. The lowest BCUT2D eigenvalue weighted by molar-refractivity contribution is 0.980. The molecule has 0 radical (unpaired) electrons. The highest BCUT2D eigenvalue weighted by Gasteiger charge is 2.25. The molecular formula is C64H43N3S2. The van der Waals surface area contributed by atoms with E-state index in [1.54, 1.807) is 0 Å². The van der Waals surface area contributed by atoms with Crippen molar-refractivity contribution < 1.29 is 0 Å². The lowest BCUT2D eigenvalue weighted by Gasteiger charge is -2.28. The molecule has 13 aromatic rings. The second-order valence-electron chi connectivity index (χ2n) is 17.9. The van der Waals surface area contributed by atoms with Crippen LogP contribution in [0.25, 0.3) is 89.7 Å². The standard InChI is InChI=1S/C64H43N3S2/c1-4-18-43(19-5-1)65(48-36-38-53-57(41-48)67(45-22-8-3-9-23-45)63-52-27-11-10-26-51(52)61-54-28-14-17-31-59(54)69-64(61)62(53)63)46-34-32-42(33-35-46)49-24-12-15-29-56(49)66(44-20-6-2-7-21-44)47-37-39-60-55(40-47)50-25-13-16-30-58(50)68-60/h1-8,10-22,24-41H,9,23H2. The van der Waals surface area contributed by atoms with Crippen molar-refractivity contribution >= 4 is 135 Å². The predicted octanol–water partition coefficient (Wildman–Crippen LogP) is 19.5. The molecule has 3 heterocycles. The first-order chi connectivity index (χ1) is 34.2. The summed E-state index contributed by atoms with van der Waals surface area (Å²) in [5, 5.41) is 10.5. The van der Waals surface area contributed by atoms with E-state index >= 15 is 0 Å². The van der Waals surface area contributed by atoms with E-state index in [0.29, 0.717) is 0 Å². The zero-order valence-corrected chi connectivity index (χ0v) is 39.2. The van der Waals surface area contributed by atoms with Gasteiger partial charge >= 0.3 is 0 Å². The van der Waals surface area contributed by atoms with E-state index in [0.717, 1.165) is 58.1 Å². The van der Waals surface area contributed by atoms with Crippen LogP contribution in [0.2, 0.25) is 0 Å². The van der Waals surface area contributed by atoms with E-state index in [2.05, 4.69) is 251 Å². The van der Waals surface area contributed by atoms with Gasteiger partial charge in [-0.2, -0.15) is 0 Å². The van der Waals surface area contributed by atoms with Gasteiger partial charge in [-0.25, -0.2) is 0 Å². The second kappa shape index (κ2) is 16.2. The van der Waals surface area contributed by atoms with Gasteiger partial charge in [0, 0.05) is 96.2 Å². The van der Waals surface area contributed by atoms with E-state index in [1.165, 1.54) is 78.6 Å². The molecule has 10 aromatic carbocycles. The van der Waals surface area contributed by atoms with Gasteiger partial charge in [0.25, 0.3) is 0 Å². The normalized spacial score (nSPS) is 12.8. The fraction of sp³-hybridized carbons (Fsp3) is 0.0312. The Morgan fingerprint density at radius 1 is 0.406 bits per heavy atom. The van der Waals surface area contributed by atoms with Crippen LogP contribution in [0.15, 0.2) is 237 Å². The number of nitrogens with zero attached hydrogens (tertiary/aromatic N) is 3. The molecular weight excluding hydrogens is 875 g/mol. The van der Waals surface area contributed by atoms with Crippen molar-refractivity contribution in [1.82, 2.24) is 4.57 Å². The summed E-state index contributed by atoms with van der Waals surface area (Å²) in [7, 11) is 0. The summed E-state index contributed by atoms with van der Waals surface area (Å²) in [6.07, 6.45) is 8.84. The van der Waals surface area contributed by atoms with Gasteiger partial charge in [-0.05, 0) is 115 Å². The third-order valence-electron chi connectivity index (χ3n) is 14.0. The van der Waals surface area contributed by atoms with Crippen molar-refractivity contribution in [2.75, 3.05) is 9.80 Å². The molecule has 3 aromatic heterocycles. The van der Waals surface area contributed by atoms with Crippen molar-refractivity contribution in [2.24, 2.45) is 0 Å². The van der Waals surface area contributed by atoms with Crippen molar-refractivity contribution in [3.8, 4) is 11.1 Å². The van der Waals surface area contributed by atoms with Crippen molar-refractivity contribution in [2.45, 2.75) is 12.8 Å². The first kappa shape index (κ1) is 39.9. The zero-order chi connectivity index (χ0) is 45.4. The first-order valence-electron chi connectivity index (χ1n) is 23.7. The smallest absolute Gasteiger partial charge is 0.0630 e. The molecule has 0 aliphatic heterocycles. The van der Waals surface area contributed by atoms with Crippen LogP contribution in [-0.2, 0) is 0 Å². The van der Waals surface area contributed by atoms with Gasteiger partial charge in [0.2, 0.25) is 0 Å². The molecule has 1 aliphatic carbocycles. The number of hydrogen-bond acceptors (Lipinski definition) is 4. The zero-order valence-electron chi connectivity index (χ0n) is 37.6. The van der Waals surface area contributed by atoms with E-state index in [1.807, 2.05) is 22.7 Å². The molecule has 0 atom stereocenters. The highest BCUT2D eigenvalue weighted by atomic mass is 32.1. The van der Waals surface area contributed by atoms with Gasteiger partial charge in [0.1, 0.15) is 0 Å². The number of hydrogen-bond donors (Lipinski definition) is 0. The number of thiophene rings is 2. The van der Waals surface area contributed by atoms with Crippen molar-refractivity contribution in [3.05, 3.63) is 237 Å². The van der Waals surface area contributed by atoms with Crippen LogP contribution < -0.4 is 9.80 Å². The molecule has 0 amide bonds. The second-order valence-corrected chi connectivity index (χ2v) is 20.1. The van der Waals surface area contributed by atoms with Crippen LogP contribution >= 0.6 is 22.7 Å². The van der Waals surface area contributed by atoms with E-state index in [4.69, 9.17) is 0 Å². The predicted molar refractivity (Wildman–Crippen MR) is 300 cm³/mol. The molecule has 0 N–H and O–H groups in total. The summed E-state index contributed by atoms with van der Waals surface area (Å²) in [4.78, 5) is 4.82. The Hall–Kier alpha value is -8.22. The highest BCUT2D eigenvalue weighted by molar-refractivity contribution is 7.27. The number of para-hydroxylation sites is 3. The average molecular weight is 918 g/mol. The maximum Gasteiger partial charge on any atom is 0.0630 e. The largest absolute Gasteiger partial charge is 0.312 e. The summed E-state index contributed by atoms with van der Waals surface area (Å²) < 4.78 is 7.88. The molecule has 326 valence electrons. The van der Waals surface area contributed by atoms with Gasteiger partial charge in [0.15, 0.2) is 0 Å². The minimum Gasteiger partial charge on any atom is -0.312 e. The van der Waals surface area contributed by atoms with Gasteiger partial charge < -0.3 is 14.4 Å². The fourth-order valence-electron chi connectivity index (χ4n) is 11.0. The third-order valence-corrected chi connectivity index (χ3v) is 16.3. The van der Waals surface area contributed by atoms with E-state index < -0.39 is 0 Å². The van der Waals surface area contributed by atoms with Gasteiger partial charge in [0.05, 0.1) is 16.7 Å². The minimum absolute atomic E-state index is 0.977. The molecule has 3 nitrogen and oxygen atoms in total. The highest BCUT2D eigenvalue weighted by Crippen LogP contribution is 2.50. The van der Waals surface area contributed by atoms with Crippen molar-refractivity contribution in [3.63, 3.8) is 0 Å². The molecule has 5 heteroatoms. The minimum atomic E-state index is 0.977. The van der Waals surface area contributed by atoms with E-state index in [-0.39, 0.29) is 0 Å². The SMILES string of the molecule is C1=CCCC(n2c3cc(N(c4ccccc4)c4ccc(-c5ccccc5N(c5ccccc5)c5ccc6sc7ccccc7c6c5)cc4)ccc3c3c4sc5ccccc5c4c4ccccc4c32)=C1. The Morgan fingerprint density at radius 2 is 1.00 bits per heavy atom. The Balaban J connectivity index is 0.935. The van der Waals surface area contributed by atoms with Crippen LogP contribution in [0, 0.1) is 0 Å². The summed E-state index contributed by atoms with van der Waals surface area (Å²) >= 11 is 3.78. The Morgan fingerprint density at radius 3 is 1.77 bits per heavy atom. The summed E-state index contributed by atoms with van der Waals surface area (Å²) in [5.41, 5.74) is 12.8. The Kier molecular flexibility index (Phi) is 9.39. The van der Waals surface area contributed by atoms with Crippen molar-refractivity contribution in [1.29, 1.82) is 0 Å². The number of benzene rings is 10. The van der Waals surface area contributed by atoms with Gasteiger partial charge in [-0.15, -0.1) is 22.7 Å². The summed E-state index contributed by atoms with van der Waals surface area (Å²) in [6.45, 7) is 0. The van der Waals surface area contributed by atoms with Gasteiger partial charge in [-0.1, -0.05) is 146 Å². The number of allylic oxidation sites excluding steroid dienone is 4. The molecule has 69 heavy (non-hydrogen) atoms. The third kappa shape index (κ3) is 6.46. The quantitative estimate of drug-likeness (QED) is 0.150. The molecule has 0 unspecified atom stereocenters. The Bertz CT molecular complexity index is 4190. The van der Waals surface area contributed by atoms with Crippen LogP contribution in [0.1, 0.15) is 12.8 Å². The number of anilines is 6. The molecule has 14 rings (SSSR count). The summed E-state index contributed by atoms with van der Waals surface area (Å²) in [5.74, 6) is 0. The van der Waals surface area contributed by atoms with Crippen LogP contribution in [0.3, 0.4) is 0 Å². The maximum atomic E-state index is 2.59. The lowest BCUT2D eigenvalue weighted by atomic mass is 9.99. The van der Waals surface area contributed by atoms with Crippen LogP contribution in [0.4, 0.5) is 34.1 Å². The fourth-order valence-corrected chi connectivity index (χ4v) is 13.3. The first-order valence-corrected chi connectivity index (χ1v) is 25.4. The molecule has 0 bridgehead atoms. The van der Waals surface area contributed by atoms with Crippen LogP contribution in [0.5, 0.6) is 0 Å². The molecule has 1 aliphatic rings. The topological polar surface area (TPSA) is 11.4 Å². The Labute approximate surface area is 408 Å². The number of aromatic nitrogens is 1. The lowest BCUT2D eigenvalue weighted by Crippen LogP contribution is -2.11. The monoisotopic (exact) mass is 917 g/mol. The summed E-state index contributed by atoms with van der Waals surface area (Å²) in [6, 6.07) is 80.4.